The van der Waals surface area contributed by atoms with Gasteiger partial charge in [-0.3, -0.25) is 4.79 Å². The van der Waals surface area contributed by atoms with Gasteiger partial charge >= 0.3 is 0 Å². The SMILES string of the molecule is CC(C)N(CCCO)C(=O)[C@@H]1CCCN1. The zero-order valence-corrected chi connectivity index (χ0v) is 9.70. The summed E-state index contributed by atoms with van der Waals surface area (Å²) < 4.78 is 0. The Morgan fingerprint density at radius 3 is 2.80 bits per heavy atom. The molecule has 1 heterocycles. The predicted molar refractivity (Wildman–Crippen MR) is 59.6 cm³/mol. The molecule has 0 aromatic carbocycles. The smallest absolute Gasteiger partial charge is 0.239 e. The van der Waals surface area contributed by atoms with Crippen molar-refractivity contribution in [2.45, 2.75) is 45.2 Å². The van der Waals surface area contributed by atoms with Gasteiger partial charge < -0.3 is 15.3 Å². The fourth-order valence-corrected chi connectivity index (χ4v) is 1.96. The molecule has 0 radical (unpaired) electrons. The summed E-state index contributed by atoms with van der Waals surface area (Å²) in [5, 5.41) is 12.0. The van der Waals surface area contributed by atoms with Crippen LogP contribution < -0.4 is 5.32 Å². The first-order valence-corrected chi connectivity index (χ1v) is 5.81. The number of hydrogen-bond donors (Lipinski definition) is 2. The van der Waals surface area contributed by atoms with Crippen LogP contribution in [0.15, 0.2) is 0 Å². The monoisotopic (exact) mass is 214 g/mol. The van der Waals surface area contributed by atoms with Crippen molar-refractivity contribution >= 4 is 5.91 Å². The lowest BCUT2D eigenvalue weighted by Gasteiger charge is -2.29. The van der Waals surface area contributed by atoms with Gasteiger partial charge in [0.05, 0.1) is 6.04 Å². The number of amides is 1. The molecule has 1 fully saturated rings. The van der Waals surface area contributed by atoms with Gasteiger partial charge in [-0.15, -0.1) is 0 Å². The quantitative estimate of drug-likeness (QED) is 0.694. The van der Waals surface area contributed by atoms with Crippen molar-refractivity contribution in [3.05, 3.63) is 0 Å². The molecule has 1 saturated heterocycles. The van der Waals surface area contributed by atoms with Crippen molar-refractivity contribution in [2.75, 3.05) is 19.7 Å². The van der Waals surface area contributed by atoms with Crippen LogP contribution in [0.25, 0.3) is 0 Å². The van der Waals surface area contributed by atoms with E-state index in [1.54, 1.807) is 0 Å². The second kappa shape index (κ2) is 6.08. The average molecular weight is 214 g/mol. The molecule has 0 unspecified atom stereocenters. The normalized spacial score (nSPS) is 20.9. The lowest BCUT2D eigenvalue weighted by Crippen LogP contribution is -2.47. The predicted octanol–water partition coefficient (Wildman–Crippen LogP) is 0.358. The zero-order chi connectivity index (χ0) is 11.3. The van der Waals surface area contributed by atoms with Gasteiger partial charge in [-0.05, 0) is 39.7 Å². The molecule has 15 heavy (non-hydrogen) atoms. The van der Waals surface area contributed by atoms with E-state index in [2.05, 4.69) is 5.32 Å². The lowest BCUT2D eigenvalue weighted by molar-refractivity contribution is -0.134. The van der Waals surface area contributed by atoms with E-state index in [4.69, 9.17) is 5.11 Å². The number of nitrogens with zero attached hydrogens (tertiary/aromatic N) is 1. The molecule has 1 aliphatic rings. The van der Waals surface area contributed by atoms with Crippen LogP contribution >= 0.6 is 0 Å². The highest BCUT2D eigenvalue weighted by molar-refractivity contribution is 5.82. The Kier molecular flexibility index (Phi) is 5.05. The van der Waals surface area contributed by atoms with E-state index in [-0.39, 0.29) is 24.6 Å². The third-order valence-corrected chi connectivity index (χ3v) is 2.82. The summed E-state index contributed by atoms with van der Waals surface area (Å²) in [7, 11) is 0. The first-order chi connectivity index (χ1) is 7.16. The summed E-state index contributed by atoms with van der Waals surface area (Å²) in [4.78, 5) is 13.9. The maximum atomic E-state index is 12.1. The number of hydrogen-bond acceptors (Lipinski definition) is 3. The van der Waals surface area contributed by atoms with Crippen molar-refractivity contribution < 1.29 is 9.90 Å². The second-order valence-electron chi connectivity index (χ2n) is 4.35. The summed E-state index contributed by atoms with van der Waals surface area (Å²) in [5.74, 6) is 0.191. The van der Waals surface area contributed by atoms with Crippen molar-refractivity contribution in [1.82, 2.24) is 10.2 Å². The van der Waals surface area contributed by atoms with Gasteiger partial charge in [-0.1, -0.05) is 0 Å². The van der Waals surface area contributed by atoms with E-state index in [0.29, 0.717) is 13.0 Å². The van der Waals surface area contributed by atoms with Gasteiger partial charge in [-0.25, -0.2) is 0 Å². The molecule has 0 bridgehead atoms. The molecule has 2 N–H and O–H groups in total. The third-order valence-electron chi connectivity index (χ3n) is 2.82. The maximum absolute atomic E-state index is 12.1. The van der Waals surface area contributed by atoms with Crippen LogP contribution in [0.4, 0.5) is 0 Å². The molecule has 0 spiro atoms. The van der Waals surface area contributed by atoms with Crippen molar-refractivity contribution in [3.63, 3.8) is 0 Å². The van der Waals surface area contributed by atoms with Gasteiger partial charge in [-0.2, -0.15) is 0 Å². The number of carbonyl (C=O) groups is 1. The molecule has 1 atom stereocenters. The summed E-state index contributed by atoms with van der Waals surface area (Å²) in [6.45, 7) is 5.79. The van der Waals surface area contributed by atoms with E-state index in [1.807, 2.05) is 18.7 Å². The van der Waals surface area contributed by atoms with E-state index in [9.17, 15) is 4.79 Å². The van der Waals surface area contributed by atoms with Crippen molar-refractivity contribution in [1.29, 1.82) is 0 Å². The summed E-state index contributed by atoms with van der Waals surface area (Å²) >= 11 is 0. The number of nitrogens with one attached hydrogen (secondary N) is 1. The highest BCUT2D eigenvalue weighted by Crippen LogP contribution is 2.11. The van der Waals surface area contributed by atoms with E-state index in [0.717, 1.165) is 19.4 Å². The van der Waals surface area contributed by atoms with Crippen molar-refractivity contribution in [2.24, 2.45) is 0 Å². The minimum absolute atomic E-state index is 0.00564. The Bertz CT molecular complexity index is 201. The van der Waals surface area contributed by atoms with Gasteiger partial charge in [0.15, 0.2) is 0 Å². The standard InChI is InChI=1S/C11H22N2O2/c1-9(2)13(7-4-8-14)11(15)10-5-3-6-12-10/h9-10,12,14H,3-8H2,1-2H3/t10-/m0/s1. The van der Waals surface area contributed by atoms with Crippen molar-refractivity contribution in [3.8, 4) is 0 Å². The van der Waals surface area contributed by atoms with Crippen LogP contribution in [0.1, 0.15) is 33.1 Å². The molecule has 88 valence electrons. The first kappa shape index (κ1) is 12.5. The van der Waals surface area contributed by atoms with Gasteiger partial charge in [0.1, 0.15) is 0 Å². The average Bonchev–Trinajstić information content (AvgIpc) is 2.70. The number of aliphatic hydroxyl groups is 1. The minimum Gasteiger partial charge on any atom is -0.396 e. The van der Waals surface area contributed by atoms with Gasteiger partial charge in [0, 0.05) is 19.2 Å². The zero-order valence-electron chi connectivity index (χ0n) is 9.70. The molecule has 0 aromatic heterocycles. The van der Waals surface area contributed by atoms with Gasteiger partial charge in [0.25, 0.3) is 0 Å². The van der Waals surface area contributed by atoms with Crippen LogP contribution in [0.5, 0.6) is 0 Å². The molecule has 4 nitrogen and oxygen atoms in total. The topological polar surface area (TPSA) is 52.6 Å². The third kappa shape index (κ3) is 3.47. The molecule has 4 heteroatoms. The Hall–Kier alpha value is -0.610. The fourth-order valence-electron chi connectivity index (χ4n) is 1.96. The summed E-state index contributed by atoms with van der Waals surface area (Å²) in [5.41, 5.74) is 0. The second-order valence-corrected chi connectivity index (χ2v) is 4.35. The summed E-state index contributed by atoms with van der Waals surface area (Å²) in [6, 6.07) is 0.220. The lowest BCUT2D eigenvalue weighted by atomic mass is 10.1. The Balaban J connectivity index is 2.49. The van der Waals surface area contributed by atoms with Crippen LogP contribution in [0, 0.1) is 0 Å². The first-order valence-electron chi connectivity index (χ1n) is 5.81. The van der Waals surface area contributed by atoms with E-state index < -0.39 is 0 Å². The molecule has 0 saturated carbocycles. The number of aliphatic hydroxyl groups excluding tert-OH is 1. The largest absolute Gasteiger partial charge is 0.396 e. The number of rotatable bonds is 5. The molecule has 1 amide bonds. The maximum Gasteiger partial charge on any atom is 0.239 e. The fraction of sp³-hybridized carbons (Fsp3) is 0.909. The highest BCUT2D eigenvalue weighted by Gasteiger charge is 2.27. The van der Waals surface area contributed by atoms with Crippen LogP contribution in [0.3, 0.4) is 0 Å². The molecule has 1 rings (SSSR count). The van der Waals surface area contributed by atoms with Crippen LogP contribution in [0.2, 0.25) is 0 Å². The van der Waals surface area contributed by atoms with Crippen LogP contribution in [-0.4, -0.2) is 47.7 Å². The van der Waals surface area contributed by atoms with E-state index in [1.165, 1.54) is 0 Å². The molecule has 0 aromatic rings. The molecular weight excluding hydrogens is 192 g/mol. The summed E-state index contributed by atoms with van der Waals surface area (Å²) in [6.07, 6.45) is 2.69. The Labute approximate surface area is 91.6 Å². The highest BCUT2D eigenvalue weighted by atomic mass is 16.3. The Morgan fingerprint density at radius 1 is 1.60 bits per heavy atom. The molecular formula is C11H22N2O2. The minimum atomic E-state index is 0.00564. The number of carbonyl (C=O) groups excluding carboxylic acids is 1. The van der Waals surface area contributed by atoms with E-state index >= 15 is 0 Å². The Morgan fingerprint density at radius 2 is 2.33 bits per heavy atom. The molecule has 0 aliphatic carbocycles. The van der Waals surface area contributed by atoms with Gasteiger partial charge in [0.2, 0.25) is 5.91 Å². The molecule has 1 aliphatic heterocycles. The van der Waals surface area contributed by atoms with Crippen LogP contribution in [-0.2, 0) is 4.79 Å².